The van der Waals surface area contributed by atoms with E-state index >= 15 is 4.39 Å². The number of nitrogens with zero attached hydrogens (tertiary/aromatic N) is 1. The zero-order chi connectivity index (χ0) is 33.0. The maximum absolute atomic E-state index is 15.2. The van der Waals surface area contributed by atoms with Crippen molar-refractivity contribution < 1.29 is 35.2 Å². The van der Waals surface area contributed by atoms with Crippen LogP contribution in [-0.2, 0) is 21.2 Å². The van der Waals surface area contributed by atoms with Gasteiger partial charge in [-0.3, -0.25) is 4.79 Å². The lowest BCUT2D eigenvalue weighted by Gasteiger charge is -2.35. The number of carbonyl (C=O) groups is 1. The van der Waals surface area contributed by atoms with Gasteiger partial charge in [-0.15, -0.1) is 0 Å². The third kappa shape index (κ3) is 7.44. The molecule has 242 valence electrons. The molecule has 7 nitrogen and oxygen atoms in total. The Balaban J connectivity index is 1.40. The van der Waals surface area contributed by atoms with Gasteiger partial charge in [0.15, 0.2) is 0 Å². The molecule has 0 spiro atoms. The SMILES string of the molecule is N[C@H](C(=O)Nc1cccc(F)c1CCC1CNCCN1S(=O)(=O)c1ccccc1)C(c1cc(F)cc(F)c1)c1cc(F)cc(F)c1. The third-order valence-corrected chi connectivity index (χ3v) is 9.87. The number of rotatable bonds is 10. The maximum Gasteiger partial charge on any atom is 0.243 e. The van der Waals surface area contributed by atoms with E-state index in [1.54, 1.807) is 18.2 Å². The number of carbonyl (C=O) groups excluding carboxylic acids is 1. The van der Waals surface area contributed by atoms with Crippen LogP contribution in [0.2, 0.25) is 0 Å². The second-order valence-electron chi connectivity index (χ2n) is 11.0. The van der Waals surface area contributed by atoms with Crippen LogP contribution in [0, 0.1) is 29.1 Å². The summed E-state index contributed by atoms with van der Waals surface area (Å²) in [5, 5.41) is 5.73. The molecule has 0 bridgehead atoms. The fourth-order valence-corrected chi connectivity index (χ4v) is 7.43. The van der Waals surface area contributed by atoms with E-state index in [4.69, 9.17) is 5.73 Å². The highest BCUT2D eigenvalue weighted by molar-refractivity contribution is 7.89. The number of hydrogen-bond acceptors (Lipinski definition) is 5. The van der Waals surface area contributed by atoms with Crippen LogP contribution in [0.15, 0.2) is 89.8 Å². The highest BCUT2D eigenvalue weighted by atomic mass is 32.2. The molecule has 5 rings (SSSR count). The normalized spacial score (nSPS) is 16.4. The van der Waals surface area contributed by atoms with Crippen molar-refractivity contribution in [2.45, 2.75) is 35.7 Å². The first-order valence-corrected chi connectivity index (χ1v) is 15.9. The molecule has 2 atom stereocenters. The lowest BCUT2D eigenvalue weighted by atomic mass is 9.84. The lowest BCUT2D eigenvalue weighted by Crippen LogP contribution is -2.53. The van der Waals surface area contributed by atoms with E-state index in [-0.39, 0.29) is 46.7 Å². The number of nitrogens with one attached hydrogen (secondary N) is 2. The number of amides is 1. The van der Waals surface area contributed by atoms with E-state index in [0.29, 0.717) is 25.2 Å². The zero-order valence-electron chi connectivity index (χ0n) is 24.4. The van der Waals surface area contributed by atoms with Crippen LogP contribution in [0.4, 0.5) is 27.6 Å². The number of benzene rings is 4. The Kier molecular flexibility index (Phi) is 10.2. The van der Waals surface area contributed by atoms with Crippen molar-refractivity contribution in [3.8, 4) is 0 Å². The first kappa shape index (κ1) is 33.2. The molecule has 13 heteroatoms. The Bertz CT molecular complexity index is 1740. The monoisotopic (exact) mass is 658 g/mol. The predicted octanol–water partition coefficient (Wildman–Crippen LogP) is 5.08. The summed E-state index contributed by atoms with van der Waals surface area (Å²) in [6, 6.07) is 14.6. The maximum atomic E-state index is 15.2. The van der Waals surface area contributed by atoms with Crippen LogP contribution < -0.4 is 16.4 Å². The second-order valence-corrected chi connectivity index (χ2v) is 12.9. The molecule has 1 heterocycles. The molecule has 0 aromatic heterocycles. The smallest absolute Gasteiger partial charge is 0.243 e. The average molecular weight is 659 g/mol. The molecule has 0 saturated carbocycles. The molecule has 1 unspecified atom stereocenters. The van der Waals surface area contributed by atoms with Gasteiger partial charge in [-0.1, -0.05) is 24.3 Å². The standard InChI is InChI=1S/C33H31F5N4O3S/c34-22-13-20(14-23(35)17-22)31(21-15-24(36)18-25(37)16-21)32(39)33(43)41-30-8-4-7-29(38)28(30)10-9-26-19-40-11-12-42(26)46(44,45)27-5-2-1-3-6-27/h1-8,13-18,26,31-32,40H,9-12,19,39H2,(H,41,43)/t26?,32-/m0/s1. The first-order chi connectivity index (χ1) is 21.9. The molecule has 46 heavy (non-hydrogen) atoms. The van der Waals surface area contributed by atoms with E-state index in [1.807, 2.05) is 0 Å². The Morgan fingerprint density at radius 1 is 0.870 bits per heavy atom. The van der Waals surface area contributed by atoms with Crippen LogP contribution in [0.1, 0.15) is 29.0 Å². The quantitative estimate of drug-likeness (QED) is 0.207. The van der Waals surface area contributed by atoms with Crippen molar-refractivity contribution in [3.63, 3.8) is 0 Å². The minimum absolute atomic E-state index is 0.0261. The first-order valence-electron chi connectivity index (χ1n) is 14.5. The summed E-state index contributed by atoms with van der Waals surface area (Å²) in [6.07, 6.45) is 0.223. The fourth-order valence-electron chi connectivity index (χ4n) is 5.76. The van der Waals surface area contributed by atoms with Gasteiger partial charge < -0.3 is 16.4 Å². The molecule has 0 radical (unpaired) electrons. The van der Waals surface area contributed by atoms with Gasteiger partial charge in [0.05, 0.1) is 10.9 Å². The van der Waals surface area contributed by atoms with Gasteiger partial charge in [-0.25, -0.2) is 30.4 Å². The number of sulfonamides is 1. The summed E-state index contributed by atoms with van der Waals surface area (Å²) in [6.45, 7) is 0.969. The van der Waals surface area contributed by atoms with Gasteiger partial charge in [-0.2, -0.15) is 4.31 Å². The van der Waals surface area contributed by atoms with Crippen LogP contribution >= 0.6 is 0 Å². The second kappa shape index (κ2) is 14.1. The summed E-state index contributed by atoms with van der Waals surface area (Å²) in [4.78, 5) is 13.7. The summed E-state index contributed by atoms with van der Waals surface area (Å²) >= 11 is 0. The molecule has 0 aliphatic carbocycles. The summed E-state index contributed by atoms with van der Waals surface area (Å²) in [7, 11) is -3.83. The van der Waals surface area contributed by atoms with E-state index in [1.165, 1.54) is 34.6 Å². The molecule has 1 aliphatic heterocycles. The molecular weight excluding hydrogens is 627 g/mol. The van der Waals surface area contributed by atoms with Crippen LogP contribution in [0.5, 0.6) is 0 Å². The molecular formula is C33H31F5N4O3S. The molecule has 1 saturated heterocycles. The van der Waals surface area contributed by atoms with Crippen molar-refractivity contribution in [2.24, 2.45) is 5.73 Å². The Morgan fingerprint density at radius 3 is 2.04 bits per heavy atom. The highest BCUT2D eigenvalue weighted by Crippen LogP contribution is 2.32. The van der Waals surface area contributed by atoms with Crippen LogP contribution in [0.3, 0.4) is 0 Å². The number of piperazine rings is 1. The van der Waals surface area contributed by atoms with Gasteiger partial charge in [0.25, 0.3) is 0 Å². The van der Waals surface area contributed by atoms with Crippen molar-refractivity contribution in [1.82, 2.24) is 9.62 Å². The summed E-state index contributed by atoms with van der Waals surface area (Å²) in [5.74, 6) is -6.93. The zero-order valence-corrected chi connectivity index (χ0v) is 25.2. The van der Waals surface area contributed by atoms with Crippen molar-refractivity contribution >= 4 is 21.6 Å². The molecule has 1 aliphatic rings. The Labute approximate surface area is 263 Å². The van der Waals surface area contributed by atoms with Crippen molar-refractivity contribution in [3.05, 3.63) is 131 Å². The number of halogens is 5. The molecule has 4 aromatic carbocycles. The Hall–Kier alpha value is -4.17. The third-order valence-electron chi connectivity index (χ3n) is 7.90. The van der Waals surface area contributed by atoms with Gasteiger partial charge in [-0.05, 0) is 72.5 Å². The highest BCUT2D eigenvalue weighted by Gasteiger charge is 2.34. The van der Waals surface area contributed by atoms with E-state index in [2.05, 4.69) is 10.6 Å². The van der Waals surface area contributed by atoms with Crippen LogP contribution in [-0.4, -0.2) is 50.3 Å². The predicted molar refractivity (Wildman–Crippen MR) is 163 cm³/mol. The minimum atomic E-state index is -3.83. The van der Waals surface area contributed by atoms with E-state index in [0.717, 1.165) is 24.3 Å². The van der Waals surface area contributed by atoms with Gasteiger partial charge in [0, 0.05) is 55.0 Å². The molecule has 4 N–H and O–H groups in total. The van der Waals surface area contributed by atoms with Crippen LogP contribution in [0.25, 0.3) is 0 Å². The van der Waals surface area contributed by atoms with Gasteiger partial charge in [0.1, 0.15) is 29.1 Å². The molecule has 1 fully saturated rings. The number of hydrogen-bond donors (Lipinski definition) is 3. The number of nitrogens with two attached hydrogens (primary N) is 1. The van der Waals surface area contributed by atoms with E-state index in [9.17, 15) is 30.8 Å². The Morgan fingerprint density at radius 2 is 1.46 bits per heavy atom. The van der Waals surface area contributed by atoms with Gasteiger partial charge in [0.2, 0.25) is 15.9 Å². The summed E-state index contributed by atoms with van der Waals surface area (Å²) in [5.41, 5.74) is 6.13. The molecule has 4 aromatic rings. The average Bonchev–Trinajstić information content (AvgIpc) is 3.00. The van der Waals surface area contributed by atoms with E-state index < -0.39 is 63.0 Å². The minimum Gasteiger partial charge on any atom is -0.324 e. The lowest BCUT2D eigenvalue weighted by molar-refractivity contribution is -0.117. The topological polar surface area (TPSA) is 105 Å². The van der Waals surface area contributed by atoms with Crippen molar-refractivity contribution in [1.29, 1.82) is 0 Å². The molecule has 1 amide bonds. The van der Waals surface area contributed by atoms with Crippen molar-refractivity contribution in [2.75, 3.05) is 25.0 Å². The fraction of sp³-hybridized carbons (Fsp3) is 0.242. The van der Waals surface area contributed by atoms with Gasteiger partial charge >= 0.3 is 0 Å². The number of anilines is 1. The largest absolute Gasteiger partial charge is 0.324 e. The summed E-state index contributed by atoms with van der Waals surface area (Å²) < 4.78 is 100.